The second kappa shape index (κ2) is 12.7. The predicted octanol–water partition coefficient (Wildman–Crippen LogP) is 4.77. The van der Waals surface area contributed by atoms with Crippen molar-refractivity contribution < 1.29 is 9.59 Å². The maximum atomic E-state index is 13.2. The molecule has 1 heterocycles. The number of benzene rings is 3. The Hall–Kier alpha value is -3.84. The summed E-state index contributed by atoms with van der Waals surface area (Å²) in [5.74, 6) is 0.304. The minimum absolute atomic E-state index is 0.205. The number of aromatic nitrogens is 2. The van der Waals surface area contributed by atoms with Gasteiger partial charge in [-0.25, -0.2) is 0 Å². The number of nitrogens with zero attached hydrogens (tertiary/aromatic N) is 2. The Bertz CT molecular complexity index is 1260. The zero-order valence-corrected chi connectivity index (χ0v) is 21.1. The summed E-state index contributed by atoms with van der Waals surface area (Å²) in [7, 11) is 0. The molecule has 0 unspecified atom stereocenters. The van der Waals surface area contributed by atoms with Crippen molar-refractivity contribution in [2.45, 2.75) is 25.6 Å². The van der Waals surface area contributed by atoms with Crippen molar-refractivity contribution in [3.05, 3.63) is 114 Å². The van der Waals surface area contributed by atoms with Crippen molar-refractivity contribution >= 4 is 23.6 Å². The first kappa shape index (κ1) is 25.3. The Balaban J connectivity index is 1.50. The molecule has 0 saturated carbocycles. The number of carbonyl (C=O) groups is 2. The van der Waals surface area contributed by atoms with Gasteiger partial charge in [0.05, 0.1) is 12.2 Å². The van der Waals surface area contributed by atoms with Crippen molar-refractivity contribution in [1.29, 1.82) is 0 Å². The molecule has 1 atom stereocenters. The second-order valence-electron chi connectivity index (χ2n) is 8.44. The van der Waals surface area contributed by atoms with E-state index in [1.165, 1.54) is 0 Å². The van der Waals surface area contributed by atoms with Gasteiger partial charge in [-0.05, 0) is 36.1 Å². The van der Waals surface area contributed by atoms with Gasteiger partial charge in [-0.2, -0.15) is 16.9 Å². The molecule has 0 spiro atoms. The first-order valence-corrected chi connectivity index (χ1v) is 13.3. The predicted molar refractivity (Wildman–Crippen MR) is 146 cm³/mol. The highest BCUT2D eigenvalue weighted by Gasteiger charge is 2.22. The molecule has 2 amide bonds. The van der Waals surface area contributed by atoms with E-state index >= 15 is 0 Å². The van der Waals surface area contributed by atoms with Crippen LogP contribution >= 0.6 is 11.8 Å². The Labute approximate surface area is 216 Å². The molecule has 1 aromatic heterocycles. The van der Waals surface area contributed by atoms with E-state index in [1.807, 2.05) is 83.9 Å². The van der Waals surface area contributed by atoms with E-state index in [-0.39, 0.29) is 11.8 Å². The number of hydrogen-bond acceptors (Lipinski definition) is 4. The van der Waals surface area contributed by atoms with Gasteiger partial charge in [-0.1, -0.05) is 78.9 Å². The third-order valence-electron chi connectivity index (χ3n) is 5.79. The summed E-state index contributed by atoms with van der Waals surface area (Å²) in [6.07, 6.45) is 4.51. The molecule has 36 heavy (non-hydrogen) atoms. The van der Waals surface area contributed by atoms with Gasteiger partial charge in [-0.15, -0.1) is 0 Å². The summed E-state index contributed by atoms with van der Waals surface area (Å²) < 4.78 is 1.90. The molecule has 0 saturated heterocycles. The lowest BCUT2D eigenvalue weighted by molar-refractivity contribution is -0.123. The molecule has 3 aromatic carbocycles. The molecule has 6 nitrogen and oxygen atoms in total. The highest BCUT2D eigenvalue weighted by atomic mass is 32.2. The van der Waals surface area contributed by atoms with Crippen LogP contribution in [0, 0.1) is 0 Å². The minimum atomic E-state index is -0.621. The lowest BCUT2D eigenvalue weighted by Crippen LogP contribution is -2.46. The summed E-state index contributed by atoms with van der Waals surface area (Å²) in [6.45, 7) is 0.951. The molecule has 0 aliphatic carbocycles. The van der Waals surface area contributed by atoms with Crippen LogP contribution in [0.4, 0.5) is 0 Å². The van der Waals surface area contributed by atoms with Gasteiger partial charge in [-0.3, -0.25) is 14.3 Å². The summed E-state index contributed by atoms with van der Waals surface area (Å²) in [5.41, 5.74) is 4.43. The summed E-state index contributed by atoms with van der Waals surface area (Å²) in [4.78, 5) is 25.9. The smallest absolute Gasteiger partial charge is 0.251 e. The third kappa shape index (κ3) is 6.86. The summed E-state index contributed by atoms with van der Waals surface area (Å²) in [5, 5.41) is 10.8. The van der Waals surface area contributed by atoms with E-state index in [0.717, 1.165) is 28.1 Å². The molecule has 0 bridgehead atoms. The molecular weight excluding hydrogens is 468 g/mol. The van der Waals surface area contributed by atoms with Crippen molar-refractivity contribution in [3.63, 3.8) is 0 Å². The van der Waals surface area contributed by atoms with Gasteiger partial charge in [0.25, 0.3) is 5.91 Å². The fourth-order valence-electron chi connectivity index (χ4n) is 3.92. The normalized spacial score (nSPS) is 11.6. The fourth-order valence-corrected chi connectivity index (χ4v) is 4.40. The van der Waals surface area contributed by atoms with Gasteiger partial charge in [0.15, 0.2) is 0 Å². The van der Waals surface area contributed by atoms with Crippen molar-refractivity contribution in [1.82, 2.24) is 20.4 Å². The Morgan fingerprint density at radius 1 is 0.917 bits per heavy atom. The van der Waals surface area contributed by atoms with Crippen molar-refractivity contribution in [2.75, 3.05) is 12.0 Å². The third-order valence-corrected chi connectivity index (χ3v) is 6.44. The van der Waals surface area contributed by atoms with E-state index in [4.69, 9.17) is 5.10 Å². The minimum Gasteiger partial charge on any atom is -0.350 e. The van der Waals surface area contributed by atoms with Crippen LogP contribution in [-0.4, -0.2) is 39.6 Å². The zero-order valence-electron chi connectivity index (χ0n) is 20.3. The van der Waals surface area contributed by atoms with E-state index < -0.39 is 6.04 Å². The standard InChI is InChI=1S/C29H30N4O2S/c1-36-18-17-26(31-28(34)24-15-9-4-10-16-24)29(35)30-19-25-21-33(20-22-11-5-2-6-12-22)32-27(25)23-13-7-3-8-14-23/h2-16,21,26H,17-20H2,1H3,(H,30,35)(H,31,34)/t26-/m1/s1. The maximum absolute atomic E-state index is 13.2. The van der Waals surface area contributed by atoms with Crippen LogP contribution in [0.2, 0.25) is 0 Å². The zero-order chi connectivity index (χ0) is 25.2. The Morgan fingerprint density at radius 2 is 1.56 bits per heavy atom. The van der Waals surface area contributed by atoms with Crippen LogP contribution in [0.15, 0.2) is 97.2 Å². The number of rotatable bonds is 11. The number of thioether (sulfide) groups is 1. The van der Waals surface area contributed by atoms with Gasteiger partial charge in [0, 0.05) is 29.4 Å². The molecule has 4 aromatic rings. The maximum Gasteiger partial charge on any atom is 0.251 e. The van der Waals surface area contributed by atoms with Gasteiger partial charge in [0.1, 0.15) is 6.04 Å². The Morgan fingerprint density at radius 3 is 2.22 bits per heavy atom. The van der Waals surface area contributed by atoms with Crippen molar-refractivity contribution in [2.24, 2.45) is 0 Å². The molecule has 0 radical (unpaired) electrons. The number of hydrogen-bond donors (Lipinski definition) is 2. The van der Waals surface area contributed by atoms with Gasteiger partial charge < -0.3 is 10.6 Å². The summed E-state index contributed by atoms with van der Waals surface area (Å²) >= 11 is 1.64. The van der Waals surface area contributed by atoms with Crippen LogP contribution in [0.5, 0.6) is 0 Å². The van der Waals surface area contributed by atoms with Crippen LogP contribution in [-0.2, 0) is 17.9 Å². The van der Waals surface area contributed by atoms with Crippen LogP contribution in [0.3, 0.4) is 0 Å². The average molecular weight is 499 g/mol. The van der Waals surface area contributed by atoms with E-state index in [1.54, 1.807) is 23.9 Å². The largest absolute Gasteiger partial charge is 0.350 e. The molecule has 4 rings (SSSR count). The first-order valence-electron chi connectivity index (χ1n) is 11.9. The second-order valence-corrected chi connectivity index (χ2v) is 9.43. The molecule has 0 aliphatic heterocycles. The molecular formula is C29H30N4O2S. The number of amides is 2. The summed E-state index contributed by atoms with van der Waals surface area (Å²) in [6, 6.07) is 28.4. The topological polar surface area (TPSA) is 76.0 Å². The first-order chi connectivity index (χ1) is 17.6. The lowest BCUT2D eigenvalue weighted by atomic mass is 10.1. The highest BCUT2D eigenvalue weighted by Crippen LogP contribution is 2.22. The van der Waals surface area contributed by atoms with Crippen molar-refractivity contribution in [3.8, 4) is 11.3 Å². The van der Waals surface area contributed by atoms with Gasteiger partial charge in [0.2, 0.25) is 5.91 Å². The monoisotopic (exact) mass is 498 g/mol. The van der Waals surface area contributed by atoms with Crippen LogP contribution in [0.1, 0.15) is 27.9 Å². The Kier molecular flexibility index (Phi) is 8.94. The molecule has 0 fully saturated rings. The number of carbonyl (C=O) groups excluding carboxylic acids is 2. The van der Waals surface area contributed by atoms with E-state index in [9.17, 15) is 9.59 Å². The van der Waals surface area contributed by atoms with E-state index in [0.29, 0.717) is 25.1 Å². The fraction of sp³-hybridized carbons (Fsp3) is 0.207. The molecule has 0 aliphatic rings. The highest BCUT2D eigenvalue weighted by molar-refractivity contribution is 7.98. The van der Waals surface area contributed by atoms with Gasteiger partial charge >= 0.3 is 0 Å². The quantitative estimate of drug-likeness (QED) is 0.312. The van der Waals surface area contributed by atoms with E-state index in [2.05, 4.69) is 22.8 Å². The number of nitrogens with one attached hydrogen (secondary N) is 2. The molecule has 7 heteroatoms. The molecule has 2 N–H and O–H groups in total. The average Bonchev–Trinajstić information content (AvgIpc) is 3.33. The molecule has 184 valence electrons. The van der Waals surface area contributed by atoms with Crippen LogP contribution < -0.4 is 10.6 Å². The SMILES string of the molecule is CSCC[C@@H](NC(=O)c1ccccc1)C(=O)NCc1cn(Cc2ccccc2)nc1-c1ccccc1. The lowest BCUT2D eigenvalue weighted by Gasteiger charge is -2.18. The van der Waals surface area contributed by atoms with Crippen LogP contribution in [0.25, 0.3) is 11.3 Å².